The molecule has 142 heavy (non-hydrogen) atoms. The van der Waals surface area contributed by atoms with Gasteiger partial charge in [-0.1, -0.05) is 188 Å². The van der Waals surface area contributed by atoms with Crippen LogP contribution in [-0.4, -0.2) is 259 Å². The molecule has 1 saturated heterocycles. The Hall–Kier alpha value is -13.1. The summed E-state index contributed by atoms with van der Waals surface area (Å²) in [6, 6.07) is 2.74. The number of nitrogens with zero attached hydrogens (tertiary/aromatic N) is 5. The van der Waals surface area contributed by atoms with Crippen LogP contribution in [0.1, 0.15) is 232 Å². The van der Waals surface area contributed by atoms with Crippen molar-refractivity contribution in [1.82, 2.24) is 98.5 Å². The summed E-state index contributed by atoms with van der Waals surface area (Å²) in [5.74, 6) is -12.5. The number of nitrogens with two attached hydrogens (primary N) is 3. The van der Waals surface area contributed by atoms with Gasteiger partial charge in [-0.3, -0.25) is 81.9 Å². The van der Waals surface area contributed by atoms with Crippen LogP contribution in [0.25, 0.3) is 21.8 Å². The average Bonchev–Trinajstić information content (AvgIpc) is 0.878. The van der Waals surface area contributed by atoms with Crippen LogP contribution in [0.2, 0.25) is 0 Å². The number of para-hydroxylation sites is 1. The van der Waals surface area contributed by atoms with Gasteiger partial charge in [-0.05, 0) is 110 Å². The van der Waals surface area contributed by atoms with Crippen molar-refractivity contribution in [3.63, 3.8) is 0 Å². The fraction of sp³-hybridized carbons (Fsp3) is 0.600. The number of amides is 14. The summed E-state index contributed by atoms with van der Waals surface area (Å²) in [7, 11) is 1.40. The Labute approximate surface area is 830 Å². The number of aliphatic hydroxyl groups excluding tert-OH is 2. The number of nitrogens with one attached hydrogen (secondary N) is 16. The minimum Gasteiger partial charge on any atom is -0.508 e. The van der Waals surface area contributed by atoms with Crippen molar-refractivity contribution < 1.29 is 82.4 Å². The number of anilines is 1. The van der Waals surface area contributed by atoms with E-state index < -0.39 is 181 Å². The number of H-pyrrole nitrogens is 2. The normalized spacial score (nSPS) is 14.6. The van der Waals surface area contributed by atoms with Crippen molar-refractivity contribution in [1.29, 1.82) is 5.41 Å². The van der Waals surface area contributed by atoms with Crippen LogP contribution in [0, 0.1) is 23.2 Å². The maximum atomic E-state index is 15.1. The highest BCUT2D eigenvalue weighted by atomic mass is 16.3. The van der Waals surface area contributed by atoms with E-state index in [0.717, 1.165) is 41.2 Å². The second-order valence-electron chi connectivity index (χ2n) is 37.7. The number of fused-ring (bicyclic) bond motifs is 2. The van der Waals surface area contributed by atoms with Crippen molar-refractivity contribution in [3.8, 4) is 5.75 Å². The molecule has 42 nitrogen and oxygen atoms in total. The van der Waals surface area contributed by atoms with E-state index in [2.05, 4.69) is 96.0 Å². The number of aliphatic hydroxyl groups is 2. The number of benzene rings is 3. The molecule has 3 aromatic heterocycles. The second kappa shape index (κ2) is 61.6. The monoisotopic (exact) mass is 1980 g/mol. The lowest BCUT2D eigenvalue weighted by molar-refractivity contribution is -0.137. The smallest absolute Gasteiger partial charge is 0.261 e. The molecule has 1 aliphatic heterocycles. The minimum absolute atomic E-state index is 0.0419. The van der Waals surface area contributed by atoms with Crippen LogP contribution in [0.4, 0.5) is 5.69 Å². The second-order valence-corrected chi connectivity index (χ2v) is 37.7. The van der Waals surface area contributed by atoms with Gasteiger partial charge in [0.15, 0.2) is 5.96 Å². The van der Waals surface area contributed by atoms with Crippen molar-refractivity contribution in [2.75, 3.05) is 64.4 Å². The number of unbranched alkanes of at least 4 members (excludes halogenated alkanes) is 17. The molecule has 42 heteroatoms. The van der Waals surface area contributed by atoms with Crippen LogP contribution in [0.5, 0.6) is 5.75 Å². The molecular weight excluding hydrogens is 1830 g/mol. The highest BCUT2D eigenvalue weighted by Crippen LogP contribution is 2.25. The Morgan fingerprint density at radius 2 is 1.04 bits per heavy atom. The molecule has 0 saturated carbocycles. The molecule has 4 heterocycles. The predicted octanol–water partition coefficient (Wildman–Crippen LogP) is 2.80. The summed E-state index contributed by atoms with van der Waals surface area (Å²) in [5, 5.41) is 73.6. The number of imidazole rings is 1. The third kappa shape index (κ3) is 39.4. The average molecular weight is 1980 g/mol. The maximum Gasteiger partial charge on any atom is 0.261 e. The molecule has 12 atom stereocenters. The number of hydrogen-bond donors (Lipinski definition) is 22. The van der Waals surface area contributed by atoms with Crippen LogP contribution < -0.4 is 96.8 Å². The number of piperazine rings is 1. The summed E-state index contributed by atoms with van der Waals surface area (Å²) in [5.41, 5.74) is 19.9. The molecule has 782 valence electrons. The zero-order valence-electron chi connectivity index (χ0n) is 83.5. The molecule has 25 N–H and O–H groups in total. The first kappa shape index (κ1) is 116. The molecule has 14 amide bonds. The lowest BCUT2D eigenvalue weighted by atomic mass is 9.98. The molecule has 1 fully saturated rings. The van der Waals surface area contributed by atoms with Crippen LogP contribution in [-0.2, 0) is 92.9 Å². The first-order valence-corrected chi connectivity index (χ1v) is 50.2. The van der Waals surface area contributed by atoms with Gasteiger partial charge in [-0.25, -0.2) is 9.97 Å². The molecule has 0 radical (unpaired) electrons. The Morgan fingerprint density at radius 1 is 0.514 bits per heavy atom. The van der Waals surface area contributed by atoms with Gasteiger partial charge in [-0.2, -0.15) is 0 Å². The van der Waals surface area contributed by atoms with E-state index in [9.17, 15) is 77.6 Å². The summed E-state index contributed by atoms with van der Waals surface area (Å²) in [6.07, 6.45) is 25.7. The van der Waals surface area contributed by atoms with Crippen molar-refractivity contribution in [2.24, 2.45) is 35.0 Å². The molecule has 6 aromatic rings. The number of guanidine groups is 1. The predicted molar refractivity (Wildman–Crippen MR) is 539 cm³/mol. The summed E-state index contributed by atoms with van der Waals surface area (Å²) >= 11 is 0. The van der Waals surface area contributed by atoms with Crippen molar-refractivity contribution in [3.05, 3.63) is 119 Å². The first-order valence-electron chi connectivity index (χ1n) is 50.2. The van der Waals surface area contributed by atoms with E-state index in [1.54, 1.807) is 75.2 Å². The number of carbonyl (C=O) groups excluding carboxylic acids is 14. The van der Waals surface area contributed by atoms with E-state index in [4.69, 9.17) is 22.6 Å². The van der Waals surface area contributed by atoms with Crippen LogP contribution >= 0.6 is 0 Å². The maximum absolute atomic E-state index is 15.1. The standard InChI is InChI=1S/C100H154N24O18/c1-9-11-12-13-14-15-16-17-18-19-20-21-22-23-24-25-26-36-84(129)113-82(59-126)95(138)120-81(58-125)88(131)107-43-30-29-34-75(114-96(139)86(102)64(7)10-2)99(142)123-47-45-122(46-48-123)68-39-42-73-71(53-68)98(141)124(61-111-73)57-85(130)112-74(35-31-44-108-100(103)104)89(132)118-79(52-67-56-106-60-110-67)92(135)116-77(50-65-37-40-69(127)41-38-65)91(134)115-76(49-62(3)4)90(133)119-80(54-83(101)128)93(136)117-78(94(137)121-87(63(5)6)97(140)105-8)51-66-55-109-72-33-28-27-32-70(66)72/h27-28,32-33,37-42,53,55-56,60-64,74-82,86-87,109,125-127H,9-26,29-31,34-36,43-52,54,57-59,102H2,1-8H3,(H2,101,128)(H,105,140)(H,106,110)(H,107,131)(H,112,130)(H,113,129)(H,114,139)(H,115,134)(H,116,135)(H,117,136)(H,118,132)(H,119,133)(H,120,138)(H,121,137)(H4,103,104,108)/t64-,74-,75-,76-,77-,78-,79-,80-,81-,82-,86-,87-/m0/s1. The number of aromatic hydroxyl groups is 1. The molecule has 0 unspecified atom stereocenters. The fourth-order valence-electron chi connectivity index (χ4n) is 16.9. The molecule has 0 spiro atoms. The van der Waals surface area contributed by atoms with E-state index >= 15 is 9.59 Å². The summed E-state index contributed by atoms with van der Waals surface area (Å²) < 4.78 is 1.04. The molecule has 0 bridgehead atoms. The van der Waals surface area contributed by atoms with Crippen LogP contribution in [0.3, 0.4) is 0 Å². The molecule has 0 aliphatic carbocycles. The van der Waals surface area contributed by atoms with E-state index in [1.807, 2.05) is 24.8 Å². The van der Waals surface area contributed by atoms with E-state index in [0.29, 0.717) is 48.2 Å². The van der Waals surface area contributed by atoms with E-state index in [1.165, 1.54) is 127 Å². The number of hydrogen-bond acceptors (Lipinski definition) is 23. The molecule has 1 aliphatic rings. The molecule has 3 aromatic carbocycles. The number of phenols is 1. The highest BCUT2D eigenvalue weighted by Gasteiger charge is 2.39. The topological polar surface area (TPSA) is 644 Å². The zero-order valence-corrected chi connectivity index (χ0v) is 83.5. The summed E-state index contributed by atoms with van der Waals surface area (Å²) in [4.78, 5) is 229. The van der Waals surface area contributed by atoms with Gasteiger partial charge in [0, 0.05) is 107 Å². The number of carbonyl (C=O) groups is 14. The minimum atomic E-state index is -1.76. The Balaban J connectivity index is 0.977. The first-order chi connectivity index (χ1) is 68.0. The third-order valence-corrected chi connectivity index (χ3v) is 25.5. The quantitative estimate of drug-likeness (QED) is 0.0148. The highest BCUT2D eigenvalue weighted by molar-refractivity contribution is 6.00. The SMILES string of the molecule is CCCCCCCCCCCCCCCCCCCC(=O)N[C@@H](CO)C(=O)N[C@@H](CO)C(=O)NCCCC[C@H](NC(=O)[C@@H](N)[C@@H](C)CC)C(=O)N1CCN(c2ccc3ncn(CC(=O)N[C@@H](CCCNC(=N)N)C(=O)N[C@@H](Cc4cnc[nH]4)C(=O)N[C@@H](Cc4ccc(O)cc4)C(=O)N[C@@H](CC(C)C)C(=O)N[C@@H](CC(N)=O)C(=O)N[C@@H](Cc4c[nH]c5ccccc45)C(=O)N[C@H](C(=O)NC)C(C)C)c(=O)c3c2)CC1. The number of phenolic OH excluding ortho intramolecular Hbond substituents is 1. The van der Waals surface area contributed by atoms with Gasteiger partial charge in [0.25, 0.3) is 5.56 Å². The van der Waals surface area contributed by atoms with Gasteiger partial charge in [0.1, 0.15) is 72.7 Å². The number of aromatic nitrogens is 5. The Bertz CT molecular complexity index is 5120. The lowest BCUT2D eigenvalue weighted by Gasteiger charge is -2.38. The Kier molecular flexibility index (Phi) is 50.2. The number of primary amides is 1. The van der Waals surface area contributed by atoms with Gasteiger partial charge in [0.2, 0.25) is 82.7 Å². The van der Waals surface area contributed by atoms with Crippen LogP contribution in [0.15, 0.2) is 96.6 Å². The summed E-state index contributed by atoms with van der Waals surface area (Å²) in [6.45, 7) is 11.6. The number of rotatable bonds is 66. The van der Waals surface area contributed by atoms with Crippen molar-refractivity contribution >= 4 is 116 Å². The largest absolute Gasteiger partial charge is 0.508 e. The van der Waals surface area contributed by atoms with Crippen molar-refractivity contribution in [2.45, 2.75) is 308 Å². The third-order valence-electron chi connectivity index (χ3n) is 25.5. The van der Waals surface area contributed by atoms with Gasteiger partial charge < -0.3 is 121 Å². The zero-order chi connectivity index (χ0) is 104. The van der Waals surface area contributed by atoms with E-state index in [-0.39, 0.29) is 131 Å². The molecular formula is C100H154N24O18. The fourth-order valence-corrected chi connectivity index (χ4v) is 16.9. The lowest BCUT2D eigenvalue weighted by Crippen LogP contribution is -2.61. The van der Waals surface area contributed by atoms with Gasteiger partial charge >= 0.3 is 0 Å². The van der Waals surface area contributed by atoms with Gasteiger partial charge in [-0.15, -0.1) is 0 Å². The number of aromatic amines is 2. The number of likely N-dealkylation sites (N-methyl/N-ethyl adjacent to an activating group) is 1. The molecule has 7 rings (SSSR count). The van der Waals surface area contributed by atoms with Gasteiger partial charge in [0.05, 0.1) is 49.2 Å². The Morgan fingerprint density at radius 3 is 1.63 bits per heavy atom.